The van der Waals surface area contributed by atoms with Gasteiger partial charge < -0.3 is 9.84 Å². The van der Waals surface area contributed by atoms with E-state index in [1.54, 1.807) is 13.8 Å². The van der Waals surface area contributed by atoms with Gasteiger partial charge in [0.15, 0.2) is 5.60 Å². The monoisotopic (exact) mass is 214 g/mol. The molecule has 0 saturated heterocycles. The van der Waals surface area contributed by atoms with Crippen molar-refractivity contribution >= 4 is 5.97 Å². The molecule has 0 aromatic rings. The Bertz CT molecular complexity index is 227. The van der Waals surface area contributed by atoms with Gasteiger partial charge in [0, 0.05) is 0 Å². The number of hydrogen-bond acceptors (Lipinski definition) is 3. The molecule has 0 bridgehead atoms. The van der Waals surface area contributed by atoms with E-state index in [4.69, 9.17) is 4.74 Å². The van der Waals surface area contributed by atoms with Crippen molar-refractivity contribution in [3.63, 3.8) is 0 Å². The van der Waals surface area contributed by atoms with Gasteiger partial charge in [0.05, 0.1) is 6.61 Å². The molecule has 0 heterocycles. The predicted molar refractivity (Wildman–Crippen MR) is 58.3 cm³/mol. The van der Waals surface area contributed by atoms with E-state index in [0.29, 0.717) is 18.4 Å². The minimum Gasteiger partial charge on any atom is -0.464 e. The van der Waals surface area contributed by atoms with E-state index >= 15 is 0 Å². The van der Waals surface area contributed by atoms with Crippen LogP contribution in [0, 0.1) is 17.8 Å². The summed E-state index contributed by atoms with van der Waals surface area (Å²) < 4.78 is 4.87. The maximum atomic E-state index is 11.5. The van der Waals surface area contributed by atoms with Crippen LogP contribution in [0.4, 0.5) is 0 Å². The third kappa shape index (κ3) is 2.51. The molecule has 3 nitrogen and oxygen atoms in total. The van der Waals surface area contributed by atoms with Crippen molar-refractivity contribution in [3.05, 3.63) is 0 Å². The fraction of sp³-hybridized carbons (Fsp3) is 0.917. The molecule has 1 N–H and O–H groups in total. The van der Waals surface area contributed by atoms with Gasteiger partial charge in [-0.15, -0.1) is 0 Å². The second kappa shape index (κ2) is 4.52. The number of aliphatic hydroxyl groups is 1. The Kier molecular flexibility index (Phi) is 3.77. The number of carbonyl (C=O) groups is 1. The predicted octanol–water partition coefficient (Wildman–Crippen LogP) is 1.98. The molecular formula is C12H22O3. The Morgan fingerprint density at radius 1 is 1.53 bits per heavy atom. The molecule has 1 rings (SSSR count). The van der Waals surface area contributed by atoms with Crippen LogP contribution in [-0.2, 0) is 9.53 Å². The lowest BCUT2D eigenvalue weighted by molar-refractivity contribution is -0.176. The molecule has 1 atom stereocenters. The molecule has 0 aromatic heterocycles. The molecule has 0 radical (unpaired) electrons. The lowest BCUT2D eigenvalue weighted by atomic mass is 9.63. The fourth-order valence-corrected chi connectivity index (χ4v) is 2.11. The molecule has 15 heavy (non-hydrogen) atoms. The van der Waals surface area contributed by atoms with Crippen LogP contribution < -0.4 is 0 Å². The molecular weight excluding hydrogens is 192 g/mol. The van der Waals surface area contributed by atoms with Gasteiger partial charge in [-0.3, -0.25) is 0 Å². The summed E-state index contributed by atoms with van der Waals surface area (Å²) in [6.45, 7) is 8.02. The molecule has 1 saturated carbocycles. The molecule has 3 heteroatoms. The molecule has 0 spiro atoms. The summed E-state index contributed by atoms with van der Waals surface area (Å²) >= 11 is 0. The van der Waals surface area contributed by atoms with Crippen LogP contribution in [0.1, 0.15) is 40.5 Å². The van der Waals surface area contributed by atoms with Crippen molar-refractivity contribution in [3.8, 4) is 0 Å². The van der Waals surface area contributed by atoms with Crippen LogP contribution >= 0.6 is 0 Å². The summed E-state index contributed by atoms with van der Waals surface area (Å²) in [5.74, 6) is 0.885. The quantitative estimate of drug-likeness (QED) is 0.728. The van der Waals surface area contributed by atoms with Gasteiger partial charge in [-0.1, -0.05) is 13.8 Å². The molecule has 1 fully saturated rings. The highest BCUT2D eigenvalue weighted by Gasteiger charge is 2.47. The van der Waals surface area contributed by atoms with Crippen molar-refractivity contribution < 1.29 is 14.6 Å². The normalized spacial score (nSPS) is 29.5. The zero-order chi connectivity index (χ0) is 11.6. The van der Waals surface area contributed by atoms with Gasteiger partial charge in [0.25, 0.3) is 0 Å². The third-order valence-electron chi connectivity index (χ3n) is 3.60. The van der Waals surface area contributed by atoms with Gasteiger partial charge in [0.1, 0.15) is 0 Å². The van der Waals surface area contributed by atoms with Crippen molar-refractivity contribution in [2.45, 2.75) is 46.1 Å². The average molecular weight is 214 g/mol. The van der Waals surface area contributed by atoms with Gasteiger partial charge in [0.2, 0.25) is 0 Å². The van der Waals surface area contributed by atoms with Crippen molar-refractivity contribution in [1.29, 1.82) is 0 Å². The Balaban J connectivity index is 2.47. The van der Waals surface area contributed by atoms with Gasteiger partial charge in [-0.2, -0.15) is 0 Å². The Hall–Kier alpha value is -0.570. The second-order valence-electron chi connectivity index (χ2n) is 5.04. The first kappa shape index (κ1) is 12.5. The van der Waals surface area contributed by atoms with E-state index in [1.165, 1.54) is 0 Å². The van der Waals surface area contributed by atoms with Crippen LogP contribution in [0.15, 0.2) is 0 Å². The smallest absolute Gasteiger partial charge is 0.338 e. The molecule has 0 aromatic carbocycles. The zero-order valence-electron chi connectivity index (χ0n) is 10.1. The molecule has 0 aliphatic heterocycles. The molecule has 1 unspecified atom stereocenters. The van der Waals surface area contributed by atoms with E-state index in [1.807, 2.05) is 0 Å². The first-order chi connectivity index (χ1) is 6.89. The van der Waals surface area contributed by atoms with Crippen LogP contribution in [0.3, 0.4) is 0 Å². The minimum absolute atomic E-state index is 0.0731. The van der Waals surface area contributed by atoms with Crippen molar-refractivity contribution in [2.24, 2.45) is 17.8 Å². The summed E-state index contributed by atoms with van der Waals surface area (Å²) in [5.41, 5.74) is -1.29. The summed E-state index contributed by atoms with van der Waals surface area (Å²) in [7, 11) is 0. The highest BCUT2D eigenvalue weighted by Crippen LogP contribution is 2.44. The fourth-order valence-electron chi connectivity index (χ4n) is 2.11. The summed E-state index contributed by atoms with van der Waals surface area (Å²) in [6, 6.07) is 0. The summed E-state index contributed by atoms with van der Waals surface area (Å²) in [4.78, 5) is 11.5. The van der Waals surface area contributed by atoms with E-state index in [9.17, 15) is 9.90 Å². The SMILES string of the molecule is CCOC(=O)C(C)(O)C1CC(C(C)C)C1. The maximum Gasteiger partial charge on any atom is 0.338 e. The van der Waals surface area contributed by atoms with E-state index in [2.05, 4.69) is 13.8 Å². The summed E-state index contributed by atoms with van der Waals surface area (Å²) in [6.07, 6.45) is 1.87. The lowest BCUT2D eigenvalue weighted by Gasteiger charge is -2.44. The first-order valence-corrected chi connectivity index (χ1v) is 5.79. The zero-order valence-corrected chi connectivity index (χ0v) is 10.1. The van der Waals surface area contributed by atoms with E-state index in [0.717, 1.165) is 12.8 Å². The first-order valence-electron chi connectivity index (χ1n) is 5.79. The van der Waals surface area contributed by atoms with E-state index < -0.39 is 11.6 Å². The third-order valence-corrected chi connectivity index (χ3v) is 3.60. The van der Waals surface area contributed by atoms with Crippen LogP contribution in [0.2, 0.25) is 0 Å². The Morgan fingerprint density at radius 3 is 2.47 bits per heavy atom. The molecule has 1 aliphatic carbocycles. The molecule has 88 valence electrons. The van der Waals surface area contributed by atoms with E-state index in [-0.39, 0.29) is 5.92 Å². The van der Waals surface area contributed by atoms with Crippen LogP contribution in [0.5, 0.6) is 0 Å². The Morgan fingerprint density at radius 2 is 2.07 bits per heavy atom. The summed E-state index contributed by atoms with van der Waals surface area (Å²) in [5, 5.41) is 10.1. The number of hydrogen-bond donors (Lipinski definition) is 1. The number of rotatable bonds is 4. The highest BCUT2D eigenvalue weighted by molar-refractivity contribution is 5.79. The number of esters is 1. The highest BCUT2D eigenvalue weighted by atomic mass is 16.5. The number of carbonyl (C=O) groups excluding carboxylic acids is 1. The van der Waals surface area contributed by atoms with Gasteiger partial charge in [-0.25, -0.2) is 4.79 Å². The topological polar surface area (TPSA) is 46.5 Å². The second-order valence-corrected chi connectivity index (χ2v) is 5.04. The molecule has 1 aliphatic rings. The largest absolute Gasteiger partial charge is 0.464 e. The lowest BCUT2D eigenvalue weighted by Crippen LogP contribution is -2.50. The standard InChI is InChI=1S/C12H22O3/c1-5-15-11(13)12(4,14)10-6-9(7-10)8(2)3/h8-10,14H,5-7H2,1-4H3. The van der Waals surface area contributed by atoms with Gasteiger partial charge >= 0.3 is 5.97 Å². The number of ether oxygens (including phenoxy) is 1. The van der Waals surface area contributed by atoms with Gasteiger partial charge in [-0.05, 0) is 44.4 Å². The maximum absolute atomic E-state index is 11.5. The van der Waals surface area contributed by atoms with Crippen molar-refractivity contribution in [1.82, 2.24) is 0 Å². The average Bonchev–Trinajstić information content (AvgIpc) is 1.99. The van der Waals surface area contributed by atoms with Crippen molar-refractivity contribution in [2.75, 3.05) is 6.61 Å². The minimum atomic E-state index is -1.29. The molecule has 0 amide bonds. The van der Waals surface area contributed by atoms with Crippen LogP contribution in [-0.4, -0.2) is 23.3 Å². The van der Waals surface area contributed by atoms with Crippen LogP contribution in [0.25, 0.3) is 0 Å². The Labute approximate surface area is 91.8 Å².